The fourth-order valence-electron chi connectivity index (χ4n) is 2.96. The summed E-state index contributed by atoms with van der Waals surface area (Å²) in [4.78, 5) is 23.7. The van der Waals surface area contributed by atoms with Crippen LogP contribution < -0.4 is 10.6 Å². The van der Waals surface area contributed by atoms with E-state index in [1.54, 1.807) is 24.3 Å². The van der Waals surface area contributed by atoms with Gasteiger partial charge in [0.05, 0.1) is 6.04 Å². The number of hydrogen-bond acceptors (Lipinski definition) is 2. The van der Waals surface area contributed by atoms with Crippen molar-refractivity contribution in [1.29, 1.82) is 0 Å². The molecule has 1 unspecified atom stereocenters. The zero-order valence-corrected chi connectivity index (χ0v) is 13.5. The molecule has 25 heavy (non-hydrogen) atoms. The number of carbonyl (C=O) groups excluding carboxylic acids is 2. The molecule has 0 radical (unpaired) electrons. The predicted molar refractivity (Wildman–Crippen MR) is 88.6 cm³/mol. The van der Waals surface area contributed by atoms with Gasteiger partial charge in [0.2, 0.25) is 11.8 Å². The standard InChI is InChI=1S/C19H18F2N2O2/c20-14-5-1-3-12(9-14)10-17(13-4-2-6-15(21)11-13)23-19(25)16-7-8-18(24)22-16/h1-6,9,11,16-17H,7-8,10H2,(H,22,24)(H,23,25)/t16-,17?/m1/s1. The molecule has 0 aliphatic carbocycles. The van der Waals surface area contributed by atoms with Gasteiger partial charge in [-0.3, -0.25) is 9.59 Å². The molecule has 2 N–H and O–H groups in total. The van der Waals surface area contributed by atoms with Gasteiger partial charge in [0.25, 0.3) is 0 Å². The van der Waals surface area contributed by atoms with E-state index in [0.29, 0.717) is 30.4 Å². The van der Waals surface area contributed by atoms with Gasteiger partial charge in [-0.05, 0) is 48.2 Å². The highest BCUT2D eigenvalue weighted by Crippen LogP contribution is 2.21. The highest BCUT2D eigenvalue weighted by Gasteiger charge is 2.29. The van der Waals surface area contributed by atoms with Gasteiger partial charge in [-0.1, -0.05) is 24.3 Å². The second-order valence-corrected chi connectivity index (χ2v) is 6.11. The Morgan fingerprint density at radius 1 is 1.16 bits per heavy atom. The first kappa shape index (κ1) is 17.1. The third-order valence-electron chi connectivity index (χ3n) is 4.21. The zero-order chi connectivity index (χ0) is 17.8. The number of carbonyl (C=O) groups is 2. The minimum atomic E-state index is -0.587. The molecule has 1 aliphatic rings. The van der Waals surface area contributed by atoms with Crippen molar-refractivity contribution in [3.8, 4) is 0 Å². The van der Waals surface area contributed by atoms with Crippen LogP contribution in [0.1, 0.15) is 30.0 Å². The van der Waals surface area contributed by atoms with E-state index in [9.17, 15) is 18.4 Å². The summed E-state index contributed by atoms with van der Waals surface area (Å²) in [6.45, 7) is 0. The molecule has 2 amide bonds. The molecule has 1 saturated heterocycles. The Bertz CT molecular complexity index is 794. The van der Waals surface area contributed by atoms with Crippen LogP contribution in [0.3, 0.4) is 0 Å². The second kappa shape index (κ2) is 7.42. The smallest absolute Gasteiger partial charge is 0.243 e. The number of hydrogen-bond donors (Lipinski definition) is 2. The lowest BCUT2D eigenvalue weighted by Crippen LogP contribution is -2.43. The number of nitrogens with one attached hydrogen (secondary N) is 2. The average molecular weight is 344 g/mol. The minimum Gasteiger partial charge on any atom is -0.347 e. The fraction of sp³-hybridized carbons (Fsp3) is 0.263. The summed E-state index contributed by atoms with van der Waals surface area (Å²) in [5, 5.41) is 5.46. The first-order valence-electron chi connectivity index (χ1n) is 8.11. The lowest BCUT2D eigenvalue weighted by atomic mass is 9.98. The molecule has 1 heterocycles. The minimum absolute atomic E-state index is 0.160. The van der Waals surface area contributed by atoms with Crippen LogP contribution in [0.25, 0.3) is 0 Å². The fourth-order valence-corrected chi connectivity index (χ4v) is 2.96. The molecule has 130 valence electrons. The van der Waals surface area contributed by atoms with Gasteiger partial charge in [0.1, 0.15) is 17.7 Å². The summed E-state index contributed by atoms with van der Waals surface area (Å²) in [6.07, 6.45) is 1.06. The van der Waals surface area contributed by atoms with Crippen molar-refractivity contribution in [3.05, 3.63) is 71.3 Å². The third kappa shape index (κ3) is 4.41. The Morgan fingerprint density at radius 2 is 1.88 bits per heavy atom. The monoisotopic (exact) mass is 344 g/mol. The molecule has 0 spiro atoms. The van der Waals surface area contributed by atoms with E-state index < -0.39 is 17.9 Å². The largest absolute Gasteiger partial charge is 0.347 e. The van der Waals surface area contributed by atoms with E-state index in [-0.39, 0.29) is 17.6 Å². The van der Waals surface area contributed by atoms with Crippen LogP contribution >= 0.6 is 0 Å². The van der Waals surface area contributed by atoms with Crippen LogP contribution in [0.5, 0.6) is 0 Å². The predicted octanol–water partition coefficient (Wildman–Crippen LogP) is 2.64. The third-order valence-corrected chi connectivity index (χ3v) is 4.21. The molecule has 6 heteroatoms. The van der Waals surface area contributed by atoms with E-state index in [4.69, 9.17) is 0 Å². The molecule has 2 atom stereocenters. The van der Waals surface area contributed by atoms with Crippen LogP contribution in [0.15, 0.2) is 48.5 Å². The van der Waals surface area contributed by atoms with Crippen LogP contribution in [-0.4, -0.2) is 17.9 Å². The highest BCUT2D eigenvalue weighted by atomic mass is 19.1. The van der Waals surface area contributed by atoms with E-state index >= 15 is 0 Å². The van der Waals surface area contributed by atoms with Crippen molar-refractivity contribution in [3.63, 3.8) is 0 Å². The van der Waals surface area contributed by atoms with Crippen molar-refractivity contribution < 1.29 is 18.4 Å². The van der Waals surface area contributed by atoms with Crippen molar-refractivity contribution in [2.45, 2.75) is 31.3 Å². The second-order valence-electron chi connectivity index (χ2n) is 6.11. The number of rotatable bonds is 5. The van der Waals surface area contributed by atoms with E-state index in [0.717, 1.165) is 0 Å². The zero-order valence-electron chi connectivity index (χ0n) is 13.5. The van der Waals surface area contributed by atoms with Gasteiger partial charge in [-0.15, -0.1) is 0 Å². The van der Waals surface area contributed by atoms with Crippen LogP contribution in [-0.2, 0) is 16.0 Å². The van der Waals surface area contributed by atoms with Crippen LogP contribution in [0.2, 0.25) is 0 Å². The molecule has 4 nitrogen and oxygen atoms in total. The molecular formula is C19H18F2N2O2. The summed E-state index contributed by atoms with van der Waals surface area (Å²) in [5.41, 5.74) is 1.27. The lowest BCUT2D eigenvalue weighted by Gasteiger charge is -2.22. The SMILES string of the molecule is O=C1CC[C@H](C(=O)NC(Cc2cccc(F)c2)c2cccc(F)c2)N1. The van der Waals surface area contributed by atoms with Gasteiger partial charge in [-0.25, -0.2) is 8.78 Å². The number of benzene rings is 2. The molecular weight excluding hydrogens is 326 g/mol. The maximum absolute atomic E-state index is 13.6. The molecule has 1 aliphatic heterocycles. The van der Waals surface area contributed by atoms with Gasteiger partial charge >= 0.3 is 0 Å². The Labute approximate surface area is 144 Å². The molecule has 2 aromatic carbocycles. The van der Waals surface area contributed by atoms with E-state index in [2.05, 4.69) is 10.6 Å². The van der Waals surface area contributed by atoms with Gasteiger partial charge in [0, 0.05) is 6.42 Å². The van der Waals surface area contributed by atoms with Gasteiger partial charge < -0.3 is 10.6 Å². The summed E-state index contributed by atoms with van der Waals surface area (Å²) in [5.74, 6) is -1.26. The Balaban J connectivity index is 1.81. The molecule has 2 aromatic rings. The Kier molecular flexibility index (Phi) is 5.07. The molecule has 0 aromatic heterocycles. The van der Waals surface area contributed by atoms with Crippen molar-refractivity contribution in [1.82, 2.24) is 10.6 Å². The van der Waals surface area contributed by atoms with Crippen LogP contribution in [0, 0.1) is 11.6 Å². The number of halogens is 2. The van der Waals surface area contributed by atoms with Crippen molar-refractivity contribution in [2.75, 3.05) is 0 Å². The molecule has 1 fully saturated rings. The van der Waals surface area contributed by atoms with Crippen molar-refractivity contribution in [2.24, 2.45) is 0 Å². The van der Waals surface area contributed by atoms with Gasteiger partial charge in [0.15, 0.2) is 0 Å². The summed E-state index contributed by atoms with van der Waals surface area (Å²) in [6, 6.07) is 10.9. The van der Waals surface area contributed by atoms with Crippen LogP contribution in [0.4, 0.5) is 8.78 Å². The van der Waals surface area contributed by atoms with Crippen molar-refractivity contribution >= 4 is 11.8 Å². The molecule has 0 saturated carbocycles. The maximum Gasteiger partial charge on any atom is 0.243 e. The Hall–Kier alpha value is -2.76. The van der Waals surface area contributed by atoms with E-state index in [1.165, 1.54) is 24.3 Å². The normalized spacial score (nSPS) is 17.8. The number of amides is 2. The summed E-state index contributed by atoms with van der Waals surface area (Å²) in [7, 11) is 0. The molecule has 0 bridgehead atoms. The van der Waals surface area contributed by atoms with Gasteiger partial charge in [-0.2, -0.15) is 0 Å². The summed E-state index contributed by atoms with van der Waals surface area (Å²) >= 11 is 0. The first-order chi connectivity index (χ1) is 12.0. The van der Waals surface area contributed by atoms with E-state index in [1.807, 2.05) is 0 Å². The highest BCUT2D eigenvalue weighted by molar-refractivity contribution is 5.91. The Morgan fingerprint density at radius 3 is 2.52 bits per heavy atom. The quantitative estimate of drug-likeness (QED) is 0.876. The average Bonchev–Trinajstić information content (AvgIpc) is 3.01. The molecule has 3 rings (SSSR count). The summed E-state index contributed by atoms with van der Waals surface area (Å²) < 4.78 is 27.0. The topological polar surface area (TPSA) is 58.2 Å². The maximum atomic E-state index is 13.6. The lowest BCUT2D eigenvalue weighted by molar-refractivity contribution is -0.126. The first-order valence-corrected chi connectivity index (χ1v) is 8.11.